The van der Waals surface area contributed by atoms with Gasteiger partial charge in [-0.1, -0.05) is 0 Å². The molecule has 1 aromatic carbocycles. The summed E-state index contributed by atoms with van der Waals surface area (Å²) in [6.45, 7) is 9.48. The van der Waals surface area contributed by atoms with Gasteiger partial charge in [-0.05, 0) is 0 Å². The second kappa shape index (κ2) is 8.86. The maximum absolute atomic E-state index is 13.6. The van der Waals surface area contributed by atoms with Crippen LogP contribution in [0.25, 0.3) is 11.6 Å². The first-order chi connectivity index (χ1) is 13.4. The van der Waals surface area contributed by atoms with E-state index < -0.39 is 0 Å². The average Bonchev–Trinajstić information content (AvgIpc) is 3.19. The summed E-state index contributed by atoms with van der Waals surface area (Å²) in [5.41, 5.74) is 2.29. The van der Waals surface area contributed by atoms with Gasteiger partial charge in [0.2, 0.25) is 0 Å². The Morgan fingerprint density at radius 3 is 2.75 bits per heavy atom. The van der Waals surface area contributed by atoms with E-state index in [1.165, 1.54) is 12.1 Å². The number of hydrogen-bond donors (Lipinski definition) is 2. The number of nitrogens with zero attached hydrogens (tertiary/aromatic N) is 1. The molecule has 0 saturated heterocycles. The molecular weight excluding hydrogens is 424 g/mol. The van der Waals surface area contributed by atoms with Crippen LogP contribution < -0.4 is 10.6 Å². The summed E-state index contributed by atoms with van der Waals surface area (Å²) >= 11 is -0.0328. The van der Waals surface area contributed by atoms with E-state index in [1.54, 1.807) is 12.1 Å². The first kappa shape index (κ1) is 20.5. The number of benzene rings is 1. The molecule has 0 fully saturated rings. The van der Waals surface area contributed by atoms with Crippen molar-refractivity contribution in [3.63, 3.8) is 0 Å². The molecule has 28 heavy (non-hydrogen) atoms. The van der Waals surface area contributed by atoms with Crippen LogP contribution >= 0.6 is 0 Å². The van der Waals surface area contributed by atoms with E-state index in [0.717, 1.165) is 28.5 Å². The molecule has 0 atom stereocenters. The van der Waals surface area contributed by atoms with Crippen LogP contribution in [-0.2, 0) is 4.79 Å². The van der Waals surface area contributed by atoms with E-state index in [-0.39, 0.29) is 32.1 Å². The number of nitrogens with one attached hydrogen (secondary N) is 2. The van der Waals surface area contributed by atoms with Crippen molar-refractivity contribution in [3.05, 3.63) is 50.1 Å². The number of carbonyl (C=O) groups is 2. The molecule has 2 heterocycles. The monoisotopic (exact) mass is 449 g/mol. The molecular formula is C21H24FN3O2Se. The molecule has 7 heteroatoms. The molecule has 2 amide bonds. The van der Waals surface area contributed by atoms with Crippen LogP contribution in [0.2, 0.25) is 0 Å². The van der Waals surface area contributed by atoms with Gasteiger partial charge in [0.05, 0.1) is 0 Å². The zero-order valence-electron chi connectivity index (χ0n) is 16.3. The minimum atomic E-state index is -0.380. The van der Waals surface area contributed by atoms with E-state index in [2.05, 4.69) is 29.4 Å². The van der Waals surface area contributed by atoms with Gasteiger partial charge < -0.3 is 0 Å². The van der Waals surface area contributed by atoms with Crippen molar-refractivity contribution >= 4 is 43.7 Å². The Balaban J connectivity index is 1.76. The fraction of sp³-hybridized carbons (Fsp3) is 0.333. The van der Waals surface area contributed by atoms with Crippen LogP contribution in [0.1, 0.15) is 38.6 Å². The summed E-state index contributed by atoms with van der Waals surface area (Å²) < 4.78 is 15.5. The Labute approximate surface area is 170 Å². The van der Waals surface area contributed by atoms with Crippen LogP contribution in [0.3, 0.4) is 0 Å². The van der Waals surface area contributed by atoms with Crippen LogP contribution in [-0.4, -0.2) is 57.4 Å². The van der Waals surface area contributed by atoms with Crippen molar-refractivity contribution in [2.75, 3.05) is 31.5 Å². The topological polar surface area (TPSA) is 61.4 Å². The van der Waals surface area contributed by atoms with Crippen LogP contribution in [0, 0.1) is 12.7 Å². The van der Waals surface area contributed by atoms with Crippen LogP contribution in [0.15, 0.2) is 24.3 Å². The second-order valence-electron chi connectivity index (χ2n) is 6.60. The molecule has 3 rings (SSSR count). The van der Waals surface area contributed by atoms with Crippen LogP contribution in [0.4, 0.5) is 10.1 Å². The standard InChI is InChI=1S/C21H24FN3O2Se/c1-4-25(5-2)9-8-23-20(26)16-11-15(28-13(16)3)12-18-17-10-14(22)6-7-19(17)24-21(18)27/h6-7,10-12H,4-5,8-9H2,1-3H3,(H,23,26)(H,24,27)/b18-12-. The van der Waals surface area contributed by atoms with Gasteiger partial charge in [-0.25, -0.2) is 0 Å². The first-order valence-electron chi connectivity index (χ1n) is 9.36. The molecule has 1 aromatic heterocycles. The Kier molecular flexibility index (Phi) is 6.49. The molecule has 1 aliphatic heterocycles. The van der Waals surface area contributed by atoms with Gasteiger partial charge in [0, 0.05) is 0 Å². The van der Waals surface area contributed by atoms with Crippen LogP contribution in [0.5, 0.6) is 0 Å². The summed E-state index contributed by atoms with van der Waals surface area (Å²) in [6.07, 6.45) is 1.78. The zero-order valence-corrected chi connectivity index (χ0v) is 18.0. The number of fused-ring (bicyclic) bond motifs is 1. The van der Waals surface area contributed by atoms with Gasteiger partial charge >= 0.3 is 170 Å². The number of likely N-dealkylation sites (N-methyl/N-ethyl adjacent to an activating group) is 1. The maximum atomic E-state index is 13.6. The number of hydrogen-bond acceptors (Lipinski definition) is 3. The predicted octanol–water partition coefficient (Wildman–Crippen LogP) is 2.76. The molecule has 0 spiro atoms. The number of aryl methyl sites for hydroxylation is 1. The summed E-state index contributed by atoms with van der Waals surface area (Å²) in [7, 11) is 0. The fourth-order valence-electron chi connectivity index (χ4n) is 3.21. The Morgan fingerprint density at radius 1 is 1.29 bits per heavy atom. The van der Waals surface area contributed by atoms with E-state index in [4.69, 9.17) is 0 Å². The SMILES string of the molecule is CCN(CC)CCNC(=O)c1cc(/C=C2\C(=O)Nc3ccc(F)cc32)[se]c1C. The van der Waals surface area contributed by atoms with Crippen molar-refractivity contribution < 1.29 is 14.0 Å². The number of anilines is 1. The third-order valence-corrected chi connectivity index (χ3v) is 6.93. The zero-order chi connectivity index (χ0) is 20.3. The first-order valence-corrected chi connectivity index (χ1v) is 11.1. The fourth-order valence-corrected chi connectivity index (χ4v) is 5.24. The Bertz CT molecular complexity index is 932. The van der Waals surface area contributed by atoms with Gasteiger partial charge in [0.25, 0.3) is 0 Å². The Hall–Kier alpha value is -2.21. The minimum absolute atomic E-state index is 0.0328. The number of carbonyl (C=O) groups excluding carboxylic acids is 2. The van der Waals surface area contributed by atoms with Gasteiger partial charge in [-0.2, -0.15) is 0 Å². The summed E-state index contributed by atoms with van der Waals surface area (Å²) in [4.78, 5) is 27.1. The molecule has 2 aromatic rings. The van der Waals surface area contributed by atoms with Gasteiger partial charge in [0.15, 0.2) is 0 Å². The normalized spacial score (nSPS) is 14.5. The van der Waals surface area contributed by atoms with Crippen molar-refractivity contribution in [2.24, 2.45) is 0 Å². The second-order valence-corrected chi connectivity index (χ2v) is 9.31. The average molecular weight is 448 g/mol. The number of rotatable bonds is 7. The summed E-state index contributed by atoms with van der Waals surface area (Å²) in [5.74, 6) is -0.705. The number of halogens is 1. The molecule has 0 saturated carbocycles. The molecule has 0 unspecified atom stereocenters. The van der Waals surface area contributed by atoms with E-state index in [1.807, 2.05) is 13.0 Å². The van der Waals surface area contributed by atoms with Crippen molar-refractivity contribution in [1.29, 1.82) is 0 Å². The van der Waals surface area contributed by atoms with Crippen molar-refractivity contribution in [2.45, 2.75) is 20.8 Å². The van der Waals surface area contributed by atoms with Crippen molar-refractivity contribution in [3.8, 4) is 0 Å². The Morgan fingerprint density at radius 2 is 2.04 bits per heavy atom. The molecule has 1 aliphatic rings. The number of amides is 2. The summed E-state index contributed by atoms with van der Waals surface area (Å²) in [5, 5.41) is 5.73. The molecule has 148 valence electrons. The van der Waals surface area contributed by atoms with E-state index in [0.29, 0.717) is 28.9 Å². The van der Waals surface area contributed by atoms with Gasteiger partial charge in [-0.3, -0.25) is 0 Å². The van der Waals surface area contributed by atoms with Gasteiger partial charge in [0.1, 0.15) is 0 Å². The van der Waals surface area contributed by atoms with E-state index in [9.17, 15) is 14.0 Å². The van der Waals surface area contributed by atoms with Gasteiger partial charge in [-0.15, -0.1) is 0 Å². The molecule has 0 bridgehead atoms. The molecule has 2 N–H and O–H groups in total. The summed E-state index contributed by atoms with van der Waals surface area (Å²) in [6, 6.07) is 6.10. The third kappa shape index (κ3) is 4.43. The van der Waals surface area contributed by atoms with Crippen molar-refractivity contribution in [1.82, 2.24) is 10.2 Å². The molecule has 0 radical (unpaired) electrons. The van der Waals surface area contributed by atoms with E-state index >= 15 is 0 Å². The molecule has 0 aliphatic carbocycles. The molecule has 5 nitrogen and oxygen atoms in total. The quantitative estimate of drug-likeness (QED) is 0.506. The third-order valence-electron chi connectivity index (χ3n) is 4.84. The predicted molar refractivity (Wildman–Crippen MR) is 111 cm³/mol.